The van der Waals surface area contributed by atoms with E-state index in [1.807, 2.05) is 24.3 Å². The van der Waals surface area contributed by atoms with E-state index in [-0.39, 0.29) is 17.3 Å². The molecule has 11 heteroatoms. The van der Waals surface area contributed by atoms with E-state index in [1.165, 1.54) is 33.9 Å². The van der Waals surface area contributed by atoms with Crippen LogP contribution in [0.4, 0.5) is 0 Å². The summed E-state index contributed by atoms with van der Waals surface area (Å²) in [6.07, 6.45) is 4.86. The van der Waals surface area contributed by atoms with E-state index in [4.69, 9.17) is 9.84 Å². The highest BCUT2D eigenvalue weighted by molar-refractivity contribution is 9.10. The molecule has 0 aliphatic heterocycles. The van der Waals surface area contributed by atoms with E-state index in [2.05, 4.69) is 39.9 Å². The topological polar surface area (TPSA) is 115 Å². The number of benzene rings is 1. The minimum atomic E-state index is -3.89. The Balaban J connectivity index is 1.56. The van der Waals surface area contributed by atoms with Crippen LogP contribution in [0.15, 0.2) is 52.1 Å². The number of fused-ring (bicyclic) bond motifs is 1. The van der Waals surface area contributed by atoms with Gasteiger partial charge in [0.15, 0.2) is 0 Å². The number of aliphatic carboxylic acids is 1. The maximum Gasteiger partial charge on any atom is 0.325 e. The number of nitrogens with zero attached hydrogens (tertiary/aromatic N) is 4. The summed E-state index contributed by atoms with van der Waals surface area (Å²) < 4.78 is 35.9. The highest BCUT2D eigenvalue weighted by Gasteiger charge is 2.34. The van der Waals surface area contributed by atoms with Crippen LogP contribution in [0.2, 0.25) is 0 Å². The zero-order valence-electron chi connectivity index (χ0n) is 19.7. The van der Waals surface area contributed by atoms with Crippen molar-refractivity contribution in [3.05, 3.63) is 64.0 Å². The second-order valence-corrected chi connectivity index (χ2v) is 11.7. The summed E-state index contributed by atoms with van der Waals surface area (Å²) in [5.74, 6) is 0.275. The van der Waals surface area contributed by atoms with Crippen molar-refractivity contribution in [2.24, 2.45) is 0 Å². The molecule has 0 fully saturated rings. The predicted octanol–water partition coefficient (Wildman–Crippen LogP) is 4.74. The molecule has 2 aromatic heterocycles. The Labute approximate surface area is 212 Å². The van der Waals surface area contributed by atoms with Gasteiger partial charge in [-0.15, -0.1) is 0 Å². The number of hydrogen-bond acceptors (Lipinski definition) is 6. The minimum absolute atomic E-state index is 0.0273. The second kappa shape index (κ2) is 10.1. The molecule has 3 aromatic rings. The summed E-state index contributed by atoms with van der Waals surface area (Å²) in [7, 11) is -2.36. The number of carboxylic acid groups (broad SMARTS) is 1. The van der Waals surface area contributed by atoms with Crippen LogP contribution in [0.1, 0.15) is 55.5 Å². The van der Waals surface area contributed by atoms with Gasteiger partial charge >= 0.3 is 5.97 Å². The molecule has 2 heterocycles. The number of pyridine rings is 1. The van der Waals surface area contributed by atoms with Crippen molar-refractivity contribution in [2.45, 2.75) is 56.5 Å². The lowest BCUT2D eigenvalue weighted by Gasteiger charge is -2.30. The maximum absolute atomic E-state index is 13.5. The molecule has 1 aromatic carbocycles. The second-order valence-electron chi connectivity index (χ2n) is 8.81. The van der Waals surface area contributed by atoms with Gasteiger partial charge in [0, 0.05) is 18.3 Å². The zero-order chi connectivity index (χ0) is 25.3. The quantitative estimate of drug-likeness (QED) is 0.421. The van der Waals surface area contributed by atoms with Crippen LogP contribution in [0.5, 0.6) is 11.6 Å². The van der Waals surface area contributed by atoms with Gasteiger partial charge in [-0.3, -0.25) is 9.48 Å². The Bertz CT molecular complexity index is 1340. The molecular formula is C24H27BrN4O5S. The Morgan fingerprint density at radius 1 is 1.29 bits per heavy atom. The summed E-state index contributed by atoms with van der Waals surface area (Å²) in [6.45, 7) is 3.97. The van der Waals surface area contributed by atoms with Gasteiger partial charge in [0.2, 0.25) is 15.9 Å². The Kier molecular flexibility index (Phi) is 7.30. The van der Waals surface area contributed by atoms with E-state index < -0.39 is 22.0 Å². The molecule has 9 nitrogen and oxygen atoms in total. The lowest BCUT2D eigenvalue weighted by Crippen LogP contribution is -2.33. The summed E-state index contributed by atoms with van der Waals surface area (Å²) in [6, 6.07) is 8.71. The number of rotatable bonds is 8. The van der Waals surface area contributed by atoms with E-state index in [0.29, 0.717) is 29.0 Å². The molecule has 0 spiro atoms. The number of sulfonamides is 1. The van der Waals surface area contributed by atoms with Gasteiger partial charge < -0.3 is 9.84 Å². The fraction of sp³-hybridized carbons (Fsp3) is 0.375. The summed E-state index contributed by atoms with van der Waals surface area (Å²) in [5, 5.41) is 13.3. The van der Waals surface area contributed by atoms with Gasteiger partial charge in [-0.2, -0.15) is 9.40 Å². The molecule has 0 radical (unpaired) electrons. The fourth-order valence-electron chi connectivity index (χ4n) is 4.23. The smallest absolute Gasteiger partial charge is 0.325 e. The first-order valence-corrected chi connectivity index (χ1v) is 13.5. The minimum Gasteiger partial charge on any atom is -0.480 e. The van der Waals surface area contributed by atoms with Gasteiger partial charge in [0.05, 0.1) is 22.9 Å². The number of carboxylic acids is 1. The van der Waals surface area contributed by atoms with Crippen molar-refractivity contribution in [1.29, 1.82) is 0 Å². The monoisotopic (exact) mass is 562 g/mol. The van der Waals surface area contributed by atoms with Gasteiger partial charge in [-0.05, 0) is 64.9 Å². The van der Waals surface area contributed by atoms with Gasteiger partial charge in [0.1, 0.15) is 17.2 Å². The largest absolute Gasteiger partial charge is 0.480 e. The molecule has 1 aliphatic rings. The number of halogens is 1. The number of hydrogen-bond donors (Lipinski definition) is 1. The Morgan fingerprint density at radius 2 is 2.00 bits per heavy atom. The number of ether oxygens (including phenoxy) is 1. The molecule has 35 heavy (non-hydrogen) atoms. The first-order valence-electron chi connectivity index (χ1n) is 11.3. The van der Waals surface area contributed by atoms with Gasteiger partial charge in [0.25, 0.3) is 0 Å². The van der Waals surface area contributed by atoms with E-state index in [9.17, 15) is 13.2 Å². The highest BCUT2D eigenvalue weighted by Crippen LogP contribution is 2.37. The molecule has 0 saturated carbocycles. The highest BCUT2D eigenvalue weighted by atomic mass is 79.9. The lowest BCUT2D eigenvalue weighted by atomic mass is 9.93. The summed E-state index contributed by atoms with van der Waals surface area (Å²) in [4.78, 5) is 15.4. The zero-order valence-corrected chi connectivity index (χ0v) is 22.1. The van der Waals surface area contributed by atoms with Crippen molar-refractivity contribution >= 4 is 31.9 Å². The first-order chi connectivity index (χ1) is 16.6. The van der Waals surface area contributed by atoms with Crippen molar-refractivity contribution in [1.82, 2.24) is 19.1 Å². The standard InChI is InChI=1S/C24H27BrN4O5S/c1-15(2)16-7-9-17(10-8-16)34-24-20(25)11-18(12-26-24)35(32,33)28(3)21-5-4-6-22-19(21)13-27-29(22)14-23(30)31/h7-13,15,21H,4-6,14H2,1-3H3,(H,30,31). The van der Waals surface area contributed by atoms with E-state index in [0.717, 1.165) is 17.7 Å². The van der Waals surface area contributed by atoms with Gasteiger partial charge in [-0.25, -0.2) is 13.4 Å². The van der Waals surface area contributed by atoms with Crippen molar-refractivity contribution in [3.8, 4) is 11.6 Å². The fourth-order valence-corrected chi connectivity index (χ4v) is 6.15. The lowest BCUT2D eigenvalue weighted by molar-refractivity contribution is -0.137. The summed E-state index contributed by atoms with van der Waals surface area (Å²) in [5.41, 5.74) is 2.69. The van der Waals surface area contributed by atoms with Crippen LogP contribution in [-0.2, 0) is 27.8 Å². The third-order valence-corrected chi connectivity index (χ3v) is 8.58. The number of carbonyl (C=O) groups is 1. The van der Waals surface area contributed by atoms with E-state index in [1.54, 1.807) is 6.20 Å². The van der Waals surface area contributed by atoms with Crippen LogP contribution < -0.4 is 4.74 Å². The molecule has 1 unspecified atom stereocenters. The van der Waals surface area contributed by atoms with Crippen LogP contribution in [0.3, 0.4) is 0 Å². The van der Waals surface area contributed by atoms with Crippen LogP contribution >= 0.6 is 15.9 Å². The molecule has 0 saturated heterocycles. The molecule has 186 valence electrons. The average Bonchev–Trinajstić information content (AvgIpc) is 3.22. The van der Waals surface area contributed by atoms with Crippen LogP contribution in [-0.4, -0.2) is 45.6 Å². The van der Waals surface area contributed by atoms with Crippen molar-refractivity contribution in [2.75, 3.05) is 7.05 Å². The molecule has 4 rings (SSSR count). The first kappa shape index (κ1) is 25.3. The van der Waals surface area contributed by atoms with Crippen LogP contribution in [0, 0.1) is 0 Å². The molecular weight excluding hydrogens is 536 g/mol. The van der Waals surface area contributed by atoms with E-state index >= 15 is 0 Å². The Morgan fingerprint density at radius 3 is 2.63 bits per heavy atom. The third kappa shape index (κ3) is 5.26. The SMILES string of the molecule is CC(C)c1ccc(Oc2ncc(S(=O)(=O)N(C)C3CCCc4c3cnn4CC(=O)O)cc2Br)cc1. The molecule has 0 bridgehead atoms. The van der Waals surface area contributed by atoms with Crippen LogP contribution in [0.25, 0.3) is 0 Å². The Hall–Kier alpha value is -2.76. The average molecular weight is 563 g/mol. The normalized spacial score (nSPS) is 15.9. The van der Waals surface area contributed by atoms with Crippen molar-refractivity contribution in [3.63, 3.8) is 0 Å². The molecule has 1 N–H and O–H groups in total. The molecule has 1 atom stereocenters. The maximum atomic E-state index is 13.5. The molecule has 1 aliphatic carbocycles. The summed E-state index contributed by atoms with van der Waals surface area (Å²) >= 11 is 3.39. The molecule has 0 amide bonds. The number of aromatic nitrogens is 3. The van der Waals surface area contributed by atoms with Crippen molar-refractivity contribution < 1.29 is 23.1 Å². The third-order valence-electron chi connectivity index (χ3n) is 6.18. The van der Waals surface area contributed by atoms with Gasteiger partial charge in [-0.1, -0.05) is 26.0 Å². The predicted molar refractivity (Wildman–Crippen MR) is 133 cm³/mol.